The SMILES string of the molecule is O=C1N(Cc2ccccc2)CCCC12CCC/C2=C/c1ccccc1. The van der Waals surface area contributed by atoms with Crippen LogP contribution in [0.4, 0.5) is 0 Å². The third-order valence-corrected chi connectivity index (χ3v) is 5.75. The van der Waals surface area contributed by atoms with Crippen molar-refractivity contribution in [3.8, 4) is 0 Å². The summed E-state index contributed by atoms with van der Waals surface area (Å²) in [4.78, 5) is 15.5. The minimum absolute atomic E-state index is 0.247. The van der Waals surface area contributed by atoms with Gasteiger partial charge in [-0.3, -0.25) is 4.79 Å². The quantitative estimate of drug-likeness (QED) is 0.769. The molecule has 2 aromatic rings. The zero-order valence-electron chi connectivity index (χ0n) is 14.7. The van der Waals surface area contributed by atoms with E-state index >= 15 is 0 Å². The van der Waals surface area contributed by atoms with Gasteiger partial charge in [-0.15, -0.1) is 0 Å². The van der Waals surface area contributed by atoms with Crippen LogP contribution in [0.5, 0.6) is 0 Å². The smallest absolute Gasteiger partial charge is 0.233 e. The molecule has 0 radical (unpaired) electrons. The Labute approximate surface area is 150 Å². The Bertz CT molecular complexity index is 765. The standard InChI is InChI=1S/C23H25NO/c25-22-23(14-7-13-21(23)17-19-9-3-1-4-10-19)15-8-16-24(22)18-20-11-5-2-6-12-20/h1-6,9-12,17H,7-8,13-16,18H2/b21-17-. The number of nitrogens with zero attached hydrogens (tertiary/aromatic N) is 1. The Hall–Kier alpha value is -2.35. The molecule has 2 fully saturated rings. The van der Waals surface area contributed by atoms with Crippen molar-refractivity contribution in [3.63, 3.8) is 0 Å². The number of carbonyl (C=O) groups excluding carboxylic acids is 1. The van der Waals surface area contributed by atoms with Crippen molar-refractivity contribution in [2.24, 2.45) is 5.41 Å². The van der Waals surface area contributed by atoms with Gasteiger partial charge in [-0.25, -0.2) is 0 Å². The first kappa shape index (κ1) is 16.1. The van der Waals surface area contributed by atoms with Gasteiger partial charge in [0.05, 0.1) is 5.41 Å². The predicted octanol–water partition coefficient (Wildman–Crippen LogP) is 5.06. The third kappa shape index (κ3) is 3.13. The van der Waals surface area contributed by atoms with E-state index in [1.807, 2.05) is 12.1 Å². The Morgan fingerprint density at radius 1 is 0.920 bits per heavy atom. The number of benzene rings is 2. The van der Waals surface area contributed by atoms with Crippen molar-refractivity contribution < 1.29 is 4.79 Å². The molecule has 2 aromatic carbocycles. The van der Waals surface area contributed by atoms with Crippen LogP contribution in [0.1, 0.15) is 43.2 Å². The second-order valence-electron chi connectivity index (χ2n) is 7.33. The molecule has 1 heterocycles. The van der Waals surface area contributed by atoms with E-state index in [2.05, 4.69) is 59.5 Å². The molecule has 2 nitrogen and oxygen atoms in total. The lowest BCUT2D eigenvalue weighted by atomic mass is 9.74. The summed E-state index contributed by atoms with van der Waals surface area (Å²) in [6.45, 7) is 1.62. The van der Waals surface area contributed by atoms with Crippen molar-refractivity contribution in [1.82, 2.24) is 4.90 Å². The Morgan fingerprint density at radius 3 is 2.36 bits per heavy atom. The number of piperidine rings is 1. The highest BCUT2D eigenvalue weighted by Gasteiger charge is 2.48. The van der Waals surface area contributed by atoms with Gasteiger partial charge in [-0.05, 0) is 43.2 Å². The second kappa shape index (κ2) is 6.87. The Morgan fingerprint density at radius 2 is 1.60 bits per heavy atom. The highest BCUT2D eigenvalue weighted by atomic mass is 16.2. The first-order valence-corrected chi connectivity index (χ1v) is 9.37. The van der Waals surface area contributed by atoms with E-state index in [0.717, 1.165) is 45.2 Å². The highest BCUT2D eigenvalue weighted by Crippen LogP contribution is 2.50. The molecular weight excluding hydrogens is 306 g/mol. The minimum Gasteiger partial charge on any atom is -0.338 e. The Balaban J connectivity index is 1.61. The van der Waals surface area contributed by atoms with Crippen LogP contribution in [-0.2, 0) is 11.3 Å². The van der Waals surface area contributed by atoms with E-state index in [9.17, 15) is 4.79 Å². The fourth-order valence-electron chi connectivity index (χ4n) is 4.51. The monoisotopic (exact) mass is 331 g/mol. The summed E-state index contributed by atoms with van der Waals surface area (Å²) in [7, 11) is 0. The van der Waals surface area contributed by atoms with E-state index in [4.69, 9.17) is 0 Å². The fourth-order valence-corrected chi connectivity index (χ4v) is 4.51. The first-order valence-electron chi connectivity index (χ1n) is 9.37. The lowest BCUT2D eigenvalue weighted by Gasteiger charge is -2.40. The van der Waals surface area contributed by atoms with Crippen molar-refractivity contribution in [2.75, 3.05) is 6.54 Å². The van der Waals surface area contributed by atoms with E-state index in [-0.39, 0.29) is 5.41 Å². The van der Waals surface area contributed by atoms with Crippen LogP contribution in [0.2, 0.25) is 0 Å². The van der Waals surface area contributed by atoms with Gasteiger partial charge in [0.15, 0.2) is 0 Å². The van der Waals surface area contributed by atoms with Crippen LogP contribution < -0.4 is 0 Å². The van der Waals surface area contributed by atoms with Gasteiger partial charge in [0.1, 0.15) is 0 Å². The molecule has 1 saturated carbocycles. The molecule has 128 valence electrons. The number of likely N-dealkylation sites (tertiary alicyclic amines) is 1. The molecule has 0 bridgehead atoms. The molecule has 0 N–H and O–H groups in total. The molecule has 2 heteroatoms. The van der Waals surface area contributed by atoms with Gasteiger partial charge in [0, 0.05) is 13.1 Å². The zero-order chi connectivity index (χ0) is 17.1. The Kier molecular flexibility index (Phi) is 4.44. The molecule has 0 aromatic heterocycles. The topological polar surface area (TPSA) is 20.3 Å². The maximum Gasteiger partial charge on any atom is 0.233 e. The summed E-state index contributed by atoms with van der Waals surface area (Å²) in [5, 5.41) is 0. The highest BCUT2D eigenvalue weighted by molar-refractivity contribution is 5.88. The van der Waals surface area contributed by atoms with Crippen LogP contribution >= 0.6 is 0 Å². The van der Waals surface area contributed by atoms with Crippen molar-refractivity contribution >= 4 is 12.0 Å². The van der Waals surface area contributed by atoms with Gasteiger partial charge in [-0.2, -0.15) is 0 Å². The number of rotatable bonds is 3. The largest absolute Gasteiger partial charge is 0.338 e. The molecule has 1 aliphatic carbocycles. The third-order valence-electron chi connectivity index (χ3n) is 5.75. The van der Waals surface area contributed by atoms with Crippen LogP contribution in [0.25, 0.3) is 6.08 Å². The first-order chi connectivity index (χ1) is 12.3. The van der Waals surface area contributed by atoms with E-state index in [0.29, 0.717) is 5.91 Å². The summed E-state index contributed by atoms with van der Waals surface area (Å²) in [5.41, 5.74) is 3.54. The summed E-state index contributed by atoms with van der Waals surface area (Å²) in [6.07, 6.45) is 7.58. The summed E-state index contributed by atoms with van der Waals surface area (Å²) >= 11 is 0. The van der Waals surface area contributed by atoms with Crippen LogP contribution in [0, 0.1) is 5.41 Å². The van der Waals surface area contributed by atoms with Gasteiger partial charge in [0.2, 0.25) is 5.91 Å². The van der Waals surface area contributed by atoms with Crippen LogP contribution in [-0.4, -0.2) is 17.4 Å². The summed E-state index contributed by atoms with van der Waals surface area (Å²) < 4.78 is 0. The van der Waals surface area contributed by atoms with Crippen LogP contribution in [0.3, 0.4) is 0 Å². The fraction of sp³-hybridized carbons (Fsp3) is 0.348. The van der Waals surface area contributed by atoms with E-state index in [1.54, 1.807) is 0 Å². The molecule has 4 rings (SSSR count). The molecule has 1 aliphatic heterocycles. The van der Waals surface area contributed by atoms with Crippen molar-refractivity contribution in [1.29, 1.82) is 0 Å². The molecule has 1 saturated heterocycles. The van der Waals surface area contributed by atoms with Crippen molar-refractivity contribution in [2.45, 2.75) is 38.6 Å². The lowest BCUT2D eigenvalue weighted by molar-refractivity contribution is -0.144. The van der Waals surface area contributed by atoms with Gasteiger partial charge >= 0.3 is 0 Å². The van der Waals surface area contributed by atoms with Gasteiger partial charge in [0.25, 0.3) is 0 Å². The van der Waals surface area contributed by atoms with Crippen LogP contribution in [0.15, 0.2) is 66.2 Å². The molecule has 1 spiro atoms. The number of carbonyl (C=O) groups is 1. The maximum atomic E-state index is 13.4. The van der Waals surface area contributed by atoms with Gasteiger partial charge in [-0.1, -0.05) is 72.3 Å². The normalized spacial score (nSPS) is 25.0. The zero-order valence-corrected chi connectivity index (χ0v) is 14.7. The van der Waals surface area contributed by atoms with Crippen molar-refractivity contribution in [3.05, 3.63) is 77.4 Å². The average Bonchev–Trinajstić information content (AvgIpc) is 3.04. The average molecular weight is 331 g/mol. The van der Waals surface area contributed by atoms with E-state index < -0.39 is 0 Å². The van der Waals surface area contributed by atoms with E-state index in [1.165, 1.54) is 16.7 Å². The second-order valence-corrected chi connectivity index (χ2v) is 7.33. The summed E-state index contributed by atoms with van der Waals surface area (Å²) in [5.74, 6) is 0.349. The molecular formula is C23H25NO. The number of amides is 1. The maximum absolute atomic E-state index is 13.4. The molecule has 1 unspecified atom stereocenters. The predicted molar refractivity (Wildman–Crippen MR) is 102 cm³/mol. The molecule has 1 atom stereocenters. The lowest BCUT2D eigenvalue weighted by Crippen LogP contribution is -2.47. The molecule has 1 amide bonds. The number of hydrogen-bond donors (Lipinski definition) is 0. The minimum atomic E-state index is -0.247. The molecule has 25 heavy (non-hydrogen) atoms. The van der Waals surface area contributed by atoms with Gasteiger partial charge < -0.3 is 4.90 Å². The summed E-state index contributed by atoms with van der Waals surface area (Å²) in [6, 6.07) is 20.8. The number of hydrogen-bond acceptors (Lipinski definition) is 1. The molecule has 2 aliphatic rings.